The van der Waals surface area contributed by atoms with Gasteiger partial charge in [0.05, 0.1) is 24.4 Å². The number of nitrogens with zero attached hydrogens (tertiary/aromatic N) is 1. The number of carbonyl (C=O) groups is 3. The highest BCUT2D eigenvalue weighted by Crippen LogP contribution is 2.33. The normalized spacial score (nSPS) is 17.2. The quantitative estimate of drug-likeness (QED) is 0.201. The molecule has 3 amide bonds. The third kappa shape index (κ3) is 10.6. The smallest absolute Gasteiger partial charge is 0.247 e. The minimum atomic E-state index is -0.348. The van der Waals surface area contributed by atoms with Crippen LogP contribution in [0.4, 0.5) is 5.69 Å². The van der Waals surface area contributed by atoms with E-state index in [9.17, 15) is 14.4 Å². The number of ether oxygens (including phenoxy) is 1. The topological polar surface area (TPSA) is 75.7 Å². The van der Waals surface area contributed by atoms with Crippen molar-refractivity contribution in [3.8, 4) is 0 Å². The average Bonchev–Trinajstić information content (AvgIpc) is 3.08. The molecule has 0 aromatic heterocycles. The largest absolute Gasteiger partial charge is 0.376 e. The Labute approximate surface area is 242 Å². The lowest BCUT2D eigenvalue weighted by molar-refractivity contribution is -0.123. The van der Waals surface area contributed by atoms with E-state index in [4.69, 9.17) is 12.6 Å². The molecule has 1 fully saturated rings. The zero-order valence-corrected chi connectivity index (χ0v) is 26.4. The van der Waals surface area contributed by atoms with Crippen LogP contribution in [-0.2, 0) is 24.5 Å². The van der Waals surface area contributed by atoms with Crippen molar-refractivity contribution in [1.29, 1.82) is 0 Å². The van der Waals surface area contributed by atoms with Gasteiger partial charge in [0.15, 0.2) is 0 Å². The SMILES string of the molecule is [B]C(C)(C)CCOC(C)(C)CCC(C)(C)NC(=O)CCC(C)(C)c1ccc(N2C(=O)CC(SCC)C2=O)cc1. The lowest BCUT2D eigenvalue weighted by Crippen LogP contribution is -2.45. The number of hydrogen-bond acceptors (Lipinski definition) is 5. The Kier molecular flexibility index (Phi) is 11.3. The number of imide groups is 1. The van der Waals surface area contributed by atoms with Crippen molar-refractivity contribution < 1.29 is 19.1 Å². The fourth-order valence-corrected chi connectivity index (χ4v) is 5.53. The van der Waals surface area contributed by atoms with E-state index in [1.165, 1.54) is 16.7 Å². The molecule has 2 rings (SSSR count). The average molecular weight is 557 g/mol. The van der Waals surface area contributed by atoms with Crippen molar-refractivity contribution in [3.63, 3.8) is 0 Å². The van der Waals surface area contributed by atoms with Crippen LogP contribution in [0.2, 0.25) is 5.31 Å². The van der Waals surface area contributed by atoms with Gasteiger partial charge in [0.1, 0.15) is 0 Å². The third-order valence-electron chi connectivity index (χ3n) is 7.43. The molecular weight excluding hydrogens is 507 g/mol. The molecular formula is C31H49BN2O4S. The summed E-state index contributed by atoms with van der Waals surface area (Å²) in [5.41, 5.74) is 0.797. The van der Waals surface area contributed by atoms with Gasteiger partial charge in [0.25, 0.3) is 0 Å². The summed E-state index contributed by atoms with van der Waals surface area (Å²) >= 11 is 1.52. The molecule has 1 saturated heterocycles. The predicted octanol–water partition coefficient (Wildman–Crippen LogP) is 6.36. The second-order valence-electron chi connectivity index (χ2n) is 13.4. The molecule has 1 unspecified atom stereocenters. The van der Waals surface area contributed by atoms with Gasteiger partial charge >= 0.3 is 0 Å². The number of thioether (sulfide) groups is 1. The second kappa shape index (κ2) is 13.2. The van der Waals surface area contributed by atoms with Crippen molar-refractivity contribution >= 4 is 43.0 Å². The first-order valence-electron chi connectivity index (χ1n) is 14.2. The summed E-state index contributed by atoms with van der Waals surface area (Å²) in [6.07, 6.45) is 3.75. The number of amides is 3. The van der Waals surface area contributed by atoms with E-state index in [2.05, 4.69) is 46.9 Å². The molecule has 0 saturated carbocycles. The molecule has 1 aromatic rings. The highest BCUT2D eigenvalue weighted by molar-refractivity contribution is 8.00. The van der Waals surface area contributed by atoms with Crippen molar-refractivity contribution in [3.05, 3.63) is 29.8 Å². The Balaban J connectivity index is 1.88. The molecule has 0 spiro atoms. The molecule has 1 aliphatic rings. The van der Waals surface area contributed by atoms with Gasteiger partial charge in [0, 0.05) is 25.0 Å². The van der Waals surface area contributed by atoms with Crippen molar-refractivity contribution in [2.24, 2.45) is 0 Å². The Morgan fingerprint density at radius 3 is 2.18 bits per heavy atom. The highest BCUT2D eigenvalue weighted by Gasteiger charge is 2.39. The Hall–Kier alpha value is -1.80. The minimum absolute atomic E-state index is 0.0287. The second-order valence-corrected chi connectivity index (χ2v) is 14.9. The standard InChI is InChI=1S/C31H49BN2O4S/c1-10-39-24-21-26(36)34(27(24)37)23-13-11-22(12-14-23)28(2,3)16-15-25(35)33-30(6,7)17-18-31(8,9)38-20-19-29(4,5)32/h11-14,24H,10,15-21H2,1-9H3,(H,33,35). The fraction of sp³-hybridized carbons (Fsp3) is 0.710. The Morgan fingerprint density at radius 2 is 1.62 bits per heavy atom. The number of carbonyl (C=O) groups excluding carboxylic acids is 3. The van der Waals surface area contributed by atoms with Crippen LogP contribution in [0.3, 0.4) is 0 Å². The maximum Gasteiger partial charge on any atom is 0.247 e. The Bertz CT molecular complexity index is 999. The molecule has 39 heavy (non-hydrogen) atoms. The number of hydrogen-bond donors (Lipinski definition) is 1. The van der Waals surface area contributed by atoms with Crippen LogP contribution < -0.4 is 10.2 Å². The van der Waals surface area contributed by atoms with Crippen LogP contribution in [-0.4, -0.2) is 54.3 Å². The maximum atomic E-state index is 12.9. The van der Waals surface area contributed by atoms with Gasteiger partial charge in [-0.2, -0.15) is 0 Å². The number of nitrogens with one attached hydrogen (secondary N) is 1. The molecule has 1 heterocycles. The molecule has 0 aliphatic carbocycles. The molecule has 0 bridgehead atoms. The first-order chi connectivity index (χ1) is 17.9. The molecule has 2 radical (unpaired) electrons. The summed E-state index contributed by atoms with van der Waals surface area (Å²) in [7, 11) is 6.06. The molecule has 6 nitrogen and oxygen atoms in total. The van der Waals surface area contributed by atoms with Gasteiger partial charge in [-0.15, -0.1) is 11.8 Å². The summed E-state index contributed by atoms with van der Waals surface area (Å²) in [4.78, 5) is 39.4. The van der Waals surface area contributed by atoms with Crippen molar-refractivity contribution in [2.75, 3.05) is 17.3 Å². The van der Waals surface area contributed by atoms with Gasteiger partial charge in [-0.05, 0) is 82.2 Å². The van der Waals surface area contributed by atoms with E-state index >= 15 is 0 Å². The predicted molar refractivity (Wildman–Crippen MR) is 164 cm³/mol. The summed E-state index contributed by atoms with van der Waals surface area (Å²) < 4.78 is 6.08. The van der Waals surface area contributed by atoms with Gasteiger partial charge in [-0.25, -0.2) is 4.90 Å². The van der Waals surface area contributed by atoms with Gasteiger partial charge in [-0.1, -0.05) is 52.1 Å². The first-order valence-corrected chi connectivity index (χ1v) is 15.2. The number of anilines is 1. The third-order valence-corrected chi connectivity index (χ3v) is 8.53. The van der Waals surface area contributed by atoms with E-state index in [1.54, 1.807) is 0 Å². The van der Waals surface area contributed by atoms with E-state index in [1.807, 2.05) is 45.0 Å². The molecule has 1 aliphatic heterocycles. The van der Waals surface area contributed by atoms with E-state index in [0.717, 1.165) is 30.6 Å². The van der Waals surface area contributed by atoms with Crippen LogP contribution in [0.5, 0.6) is 0 Å². The summed E-state index contributed by atoms with van der Waals surface area (Å²) in [5, 5.41) is 2.67. The van der Waals surface area contributed by atoms with Crippen LogP contribution in [0.1, 0.15) is 106 Å². The first kappa shape index (κ1) is 33.4. The van der Waals surface area contributed by atoms with E-state index < -0.39 is 0 Å². The molecule has 1 N–H and O–H groups in total. The zero-order valence-electron chi connectivity index (χ0n) is 25.6. The minimum Gasteiger partial charge on any atom is -0.376 e. The number of rotatable bonds is 15. The monoisotopic (exact) mass is 556 g/mol. The number of benzene rings is 1. The fourth-order valence-electron chi connectivity index (χ4n) is 4.62. The van der Waals surface area contributed by atoms with Gasteiger partial charge < -0.3 is 10.1 Å². The molecule has 8 heteroatoms. The van der Waals surface area contributed by atoms with Crippen LogP contribution in [0.15, 0.2) is 24.3 Å². The summed E-state index contributed by atoms with van der Waals surface area (Å²) in [6.45, 7) is 19.1. The van der Waals surface area contributed by atoms with Crippen LogP contribution in [0, 0.1) is 0 Å². The van der Waals surface area contributed by atoms with Crippen molar-refractivity contribution in [2.45, 2.75) is 128 Å². The molecule has 216 valence electrons. The highest BCUT2D eigenvalue weighted by atomic mass is 32.2. The van der Waals surface area contributed by atoms with E-state index in [0.29, 0.717) is 25.1 Å². The van der Waals surface area contributed by atoms with Crippen molar-refractivity contribution in [1.82, 2.24) is 5.32 Å². The molecule has 1 atom stereocenters. The van der Waals surface area contributed by atoms with Gasteiger partial charge in [-0.3, -0.25) is 14.4 Å². The Morgan fingerprint density at radius 1 is 1.00 bits per heavy atom. The van der Waals surface area contributed by atoms with Crippen LogP contribution in [0.25, 0.3) is 0 Å². The zero-order chi connectivity index (χ0) is 29.6. The summed E-state index contributed by atoms with van der Waals surface area (Å²) in [5.74, 6) is 0.552. The van der Waals surface area contributed by atoms with E-state index in [-0.39, 0.29) is 51.3 Å². The van der Waals surface area contributed by atoms with Gasteiger partial charge in [0.2, 0.25) is 17.7 Å². The summed E-state index contributed by atoms with van der Waals surface area (Å²) in [6, 6.07) is 7.61. The maximum absolute atomic E-state index is 12.9. The van der Waals surface area contributed by atoms with Crippen LogP contribution >= 0.6 is 11.8 Å². The lowest BCUT2D eigenvalue weighted by Gasteiger charge is -2.33. The lowest BCUT2D eigenvalue weighted by atomic mass is 9.70. The molecule has 1 aromatic carbocycles.